The molecule has 2 aromatic rings. The number of ether oxygens (including phenoxy) is 2. The monoisotopic (exact) mass is 294 g/mol. The molecule has 0 radical (unpaired) electrons. The summed E-state index contributed by atoms with van der Waals surface area (Å²) in [5, 5.41) is 8.74. The van der Waals surface area contributed by atoms with Crippen molar-refractivity contribution in [3.05, 3.63) is 24.3 Å². The van der Waals surface area contributed by atoms with Gasteiger partial charge in [0, 0.05) is 0 Å². The molecule has 2 rings (SSSR count). The molecular weight excluding hydrogens is 276 g/mol. The molecule has 0 amide bonds. The summed E-state index contributed by atoms with van der Waals surface area (Å²) >= 11 is 1.61. The van der Waals surface area contributed by atoms with Crippen molar-refractivity contribution < 1.29 is 9.47 Å². The first kappa shape index (κ1) is 14.5. The fourth-order valence-electron chi connectivity index (χ4n) is 1.67. The van der Waals surface area contributed by atoms with Crippen LogP contribution in [0.15, 0.2) is 29.4 Å². The van der Waals surface area contributed by atoms with E-state index < -0.39 is 0 Å². The van der Waals surface area contributed by atoms with Crippen LogP contribution >= 0.6 is 11.8 Å². The molecule has 0 aliphatic rings. The largest absolute Gasteiger partial charge is 0.497 e. The lowest BCUT2D eigenvalue weighted by atomic mass is 10.3. The van der Waals surface area contributed by atoms with Gasteiger partial charge in [-0.2, -0.15) is 0 Å². The van der Waals surface area contributed by atoms with Crippen molar-refractivity contribution in [1.29, 1.82) is 0 Å². The quantitative estimate of drug-likeness (QED) is 0.788. The van der Waals surface area contributed by atoms with Gasteiger partial charge in [0.05, 0.1) is 13.7 Å². The van der Waals surface area contributed by atoms with Crippen molar-refractivity contribution >= 4 is 17.7 Å². The van der Waals surface area contributed by atoms with Crippen LogP contribution in [0.5, 0.6) is 11.5 Å². The molecule has 108 valence electrons. The van der Waals surface area contributed by atoms with E-state index in [2.05, 4.69) is 17.1 Å². The molecule has 7 heteroatoms. The number of benzene rings is 1. The van der Waals surface area contributed by atoms with Gasteiger partial charge in [-0.25, -0.2) is 0 Å². The molecule has 2 N–H and O–H groups in total. The third-order valence-electron chi connectivity index (χ3n) is 2.66. The first-order valence-electron chi connectivity index (χ1n) is 6.33. The van der Waals surface area contributed by atoms with Gasteiger partial charge in [0.1, 0.15) is 18.1 Å². The summed E-state index contributed by atoms with van der Waals surface area (Å²) in [5.74, 6) is 2.95. The Bertz CT molecular complexity index is 542. The zero-order valence-corrected chi connectivity index (χ0v) is 12.4. The van der Waals surface area contributed by atoms with Crippen molar-refractivity contribution in [2.45, 2.75) is 18.6 Å². The van der Waals surface area contributed by atoms with E-state index in [4.69, 9.17) is 15.2 Å². The average molecular weight is 294 g/mol. The molecule has 1 heterocycles. The van der Waals surface area contributed by atoms with Gasteiger partial charge in [-0.15, -0.1) is 10.2 Å². The Morgan fingerprint density at radius 3 is 2.55 bits per heavy atom. The number of hydrogen-bond acceptors (Lipinski definition) is 6. The molecular formula is C13H18N4O2S. The molecule has 0 saturated carbocycles. The van der Waals surface area contributed by atoms with Crippen LogP contribution in [0.1, 0.15) is 6.92 Å². The topological polar surface area (TPSA) is 75.2 Å². The minimum atomic E-state index is 0.416. The van der Waals surface area contributed by atoms with Gasteiger partial charge in [-0.3, -0.25) is 4.57 Å². The molecule has 0 aliphatic carbocycles. The van der Waals surface area contributed by atoms with E-state index in [0.29, 0.717) is 19.1 Å². The number of aromatic nitrogens is 3. The maximum atomic E-state index is 5.79. The highest BCUT2D eigenvalue weighted by molar-refractivity contribution is 7.99. The van der Waals surface area contributed by atoms with Crippen LogP contribution in [0, 0.1) is 0 Å². The van der Waals surface area contributed by atoms with E-state index in [1.54, 1.807) is 18.9 Å². The Balaban J connectivity index is 1.90. The third kappa shape index (κ3) is 3.57. The number of nitrogens with zero attached hydrogens (tertiary/aromatic N) is 3. The second-order valence-electron chi connectivity index (χ2n) is 3.95. The first-order valence-corrected chi connectivity index (χ1v) is 7.31. The summed E-state index contributed by atoms with van der Waals surface area (Å²) in [7, 11) is 1.64. The predicted octanol–water partition coefficient (Wildman–Crippen LogP) is 2.06. The molecule has 1 aromatic carbocycles. The maximum absolute atomic E-state index is 5.79. The van der Waals surface area contributed by atoms with Gasteiger partial charge >= 0.3 is 0 Å². The normalized spacial score (nSPS) is 10.5. The lowest BCUT2D eigenvalue weighted by Gasteiger charge is -2.09. The Labute approximate surface area is 122 Å². The standard InChI is InChI=1S/C13H18N4O2S/c1-3-20-13-16-15-12(14)17(13)8-9-19-11-6-4-10(18-2)5-7-11/h4-7H,3,8-9H2,1-2H3,(H2,14,15). The van der Waals surface area contributed by atoms with E-state index in [-0.39, 0.29) is 0 Å². The Morgan fingerprint density at radius 2 is 1.90 bits per heavy atom. The minimum Gasteiger partial charge on any atom is -0.497 e. The number of nitrogens with two attached hydrogens (primary N) is 1. The van der Waals surface area contributed by atoms with Gasteiger partial charge in [-0.05, 0) is 30.0 Å². The highest BCUT2D eigenvalue weighted by Gasteiger charge is 2.09. The molecule has 0 fully saturated rings. The van der Waals surface area contributed by atoms with E-state index in [0.717, 1.165) is 22.4 Å². The van der Waals surface area contributed by atoms with Crippen LogP contribution in [0.4, 0.5) is 5.95 Å². The highest BCUT2D eigenvalue weighted by Crippen LogP contribution is 2.19. The smallest absolute Gasteiger partial charge is 0.222 e. The number of anilines is 1. The predicted molar refractivity (Wildman–Crippen MR) is 79.3 cm³/mol. The van der Waals surface area contributed by atoms with Crippen molar-refractivity contribution in [3.63, 3.8) is 0 Å². The summed E-state index contributed by atoms with van der Waals surface area (Å²) < 4.78 is 12.6. The molecule has 0 spiro atoms. The van der Waals surface area contributed by atoms with Crippen LogP contribution in [-0.4, -0.2) is 34.2 Å². The molecule has 0 saturated heterocycles. The summed E-state index contributed by atoms with van der Waals surface area (Å²) in [6.07, 6.45) is 0. The molecule has 20 heavy (non-hydrogen) atoms. The number of hydrogen-bond donors (Lipinski definition) is 1. The first-order chi connectivity index (χ1) is 9.74. The van der Waals surface area contributed by atoms with Gasteiger partial charge < -0.3 is 15.2 Å². The number of thioether (sulfide) groups is 1. The fraction of sp³-hybridized carbons (Fsp3) is 0.385. The van der Waals surface area contributed by atoms with Crippen molar-refractivity contribution in [3.8, 4) is 11.5 Å². The van der Waals surface area contributed by atoms with E-state index in [9.17, 15) is 0 Å². The van der Waals surface area contributed by atoms with Gasteiger partial charge in [0.2, 0.25) is 5.95 Å². The summed E-state index contributed by atoms with van der Waals surface area (Å²) in [6.45, 7) is 3.19. The SMILES string of the molecule is CCSc1nnc(N)n1CCOc1ccc(OC)cc1. The zero-order chi connectivity index (χ0) is 14.4. The van der Waals surface area contributed by atoms with Crippen LogP contribution in [-0.2, 0) is 6.54 Å². The molecule has 6 nitrogen and oxygen atoms in total. The lowest BCUT2D eigenvalue weighted by Crippen LogP contribution is -2.11. The second-order valence-corrected chi connectivity index (χ2v) is 5.18. The summed E-state index contributed by atoms with van der Waals surface area (Å²) in [4.78, 5) is 0. The number of nitrogen functional groups attached to an aromatic ring is 1. The van der Waals surface area contributed by atoms with Crippen LogP contribution < -0.4 is 15.2 Å². The van der Waals surface area contributed by atoms with E-state index >= 15 is 0 Å². The van der Waals surface area contributed by atoms with Crippen molar-refractivity contribution in [1.82, 2.24) is 14.8 Å². The Hall–Kier alpha value is -1.89. The van der Waals surface area contributed by atoms with Gasteiger partial charge in [0.15, 0.2) is 5.16 Å². The molecule has 0 aliphatic heterocycles. The molecule has 0 bridgehead atoms. The summed E-state index contributed by atoms with van der Waals surface area (Å²) in [6, 6.07) is 7.47. The van der Waals surface area contributed by atoms with E-state index in [1.807, 2.05) is 28.8 Å². The van der Waals surface area contributed by atoms with Crippen LogP contribution in [0.25, 0.3) is 0 Å². The van der Waals surface area contributed by atoms with Gasteiger partial charge in [0.25, 0.3) is 0 Å². The van der Waals surface area contributed by atoms with Crippen LogP contribution in [0.3, 0.4) is 0 Å². The number of rotatable bonds is 7. The number of methoxy groups -OCH3 is 1. The average Bonchev–Trinajstić information content (AvgIpc) is 2.81. The van der Waals surface area contributed by atoms with Crippen LogP contribution in [0.2, 0.25) is 0 Å². The molecule has 0 atom stereocenters. The lowest BCUT2D eigenvalue weighted by molar-refractivity contribution is 0.294. The van der Waals surface area contributed by atoms with Gasteiger partial charge in [-0.1, -0.05) is 18.7 Å². The van der Waals surface area contributed by atoms with Crippen molar-refractivity contribution in [2.75, 3.05) is 25.2 Å². The Kier molecular flexibility index (Phi) is 5.11. The maximum Gasteiger partial charge on any atom is 0.222 e. The molecule has 1 aromatic heterocycles. The fourth-order valence-corrected chi connectivity index (χ4v) is 2.37. The zero-order valence-electron chi connectivity index (χ0n) is 11.6. The minimum absolute atomic E-state index is 0.416. The Morgan fingerprint density at radius 1 is 1.20 bits per heavy atom. The third-order valence-corrected chi connectivity index (χ3v) is 3.51. The van der Waals surface area contributed by atoms with Crippen molar-refractivity contribution in [2.24, 2.45) is 0 Å². The molecule has 0 unspecified atom stereocenters. The van der Waals surface area contributed by atoms with E-state index in [1.165, 1.54) is 0 Å². The highest BCUT2D eigenvalue weighted by atomic mass is 32.2. The summed E-state index contributed by atoms with van der Waals surface area (Å²) in [5.41, 5.74) is 5.79. The second kappa shape index (κ2) is 7.04.